The summed E-state index contributed by atoms with van der Waals surface area (Å²) in [5.41, 5.74) is -1.03. The van der Waals surface area contributed by atoms with Crippen molar-refractivity contribution in [2.45, 2.75) is 38.6 Å². The van der Waals surface area contributed by atoms with E-state index in [-0.39, 0.29) is 5.91 Å². The quantitative estimate of drug-likeness (QED) is 0.909. The van der Waals surface area contributed by atoms with Crippen LogP contribution in [-0.4, -0.2) is 39.0 Å². The summed E-state index contributed by atoms with van der Waals surface area (Å²) < 4.78 is 0. The van der Waals surface area contributed by atoms with Gasteiger partial charge < -0.3 is 10.0 Å². The van der Waals surface area contributed by atoms with E-state index >= 15 is 0 Å². The Morgan fingerprint density at radius 1 is 1.61 bits per heavy atom. The van der Waals surface area contributed by atoms with E-state index in [1.54, 1.807) is 0 Å². The van der Waals surface area contributed by atoms with Crippen molar-refractivity contribution in [2.24, 2.45) is 0 Å². The molecule has 5 nitrogen and oxygen atoms in total. The molecule has 1 N–H and O–H groups in total. The van der Waals surface area contributed by atoms with Gasteiger partial charge in [-0.2, -0.15) is 0 Å². The number of thiazole rings is 1. The average Bonchev–Trinajstić information content (AvgIpc) is 2.94. The summed E-state index contributed by atoms with van der Waals surface area (Å²) in [6.07, 6.45) is 3.24. The Kier molecular flexibility index (Phi) is 3.38. The van der Waals surface area contributed by atoms with Gasteiger partial charge in [0.1, 0.15) is 10.4 Å². The number of nitrogens with zero attached hydrogens (tertiary/aromatic N) is 2. The highest BCUT2D eigenvalue weighted by molar-refractivity contribution is 7.13. The lowest BCUT2D eigenvalue weighted by Crippen LogP contribution is -2.52. The van der Waals surface area contributed by atoms with Gasteiger partial charge in [0.2, 0.25) is 0 Å². The van der Waals surface area contributed by atoms with Crippen LogP contribution in [0, 0.1) is 6.92 Å². The number of hydrogen-bond donors (Lipinski definition) is 1. The number of carbonyl (C=O) groups excluding carboxylic acids is 1. The van der Waals surface area contributed by atoms with E-state index < -0.39 is 11.5 Å². The number of rotatable bonds is 3. The molecule has 2 rings (SSSR count). The largest absolute Gasteiger partial charge is 0.479 e. The first kappa shape index (κ1) is 13.0. The summed E-state index contributed by atoms with van der Waals surface area (Å²) in [7, 11) is 0. The number of aryl methyl sites for hydroxylation is 1. The molecule has 1 unspecified atom stereocenters. The third-order valence-corrected chi connectivity index (χ3v) is 4.45. The monoisotopic (exact) mass is 268 g/mol. The lowest BCUT2D eigenvalue weighted by atomic mass is 9.93. The van der Waals surface area contributed by atoms with Crippen LogP contribution in [0.5, 0.6) is 0 Å². The topological polar surface area (TPSA) is 70.5 Å². The molecule has 0 aromatic carbocycles. The zero-order chi connectivity index (χ0) is 13.3. The van der Waals surface area contributed by atoms with Crippen molar-refractivity contribution in [2.75, 3.05) is 6.54 Å². The lowest BCUT2D eigenvalue weighted by Gasteiger charge is -2.33. The van der Waals surface area contributed by atoms with Crippen molar-refractivity contribution in [1.29, 1.82) is 0 Å². The molecule has 6 heteroatoms. The van der Waals surface area contributed by atoms with E-state index in [0.29, 0.717) is 24.3 Å². The zero-order valence-electron chi connectivity index (χ0n) is 10.5. The molecule has 98 valence electrons. The van der Waals surface area contributed by atoms with Crippen molar-refractivity contribution in [1.82, 2.24) is 9.88 Å². The fourth-order valence-electron chi connectivity index (χ4n) is 2.51. The molecule has 1 saturated heterocycles. The van der Waals surface area contributed by atoms with Crippen LogP contribution < -0.4 is 0 Å². The van der Waals surface area contributed by atoms with Gasteiger partial charge in [-0.05, 0) is 26.2 Å². The van der Waals surface area contributed by atoms with Gasteiger partial charge in [0.25, 0.3) is 5.91 Å². The predicted molar refractivity (Wildman–Crippen MR) is 67.8 cm³/mol. The molecular formula is C12H16N2O3S. The minimum atomic E-state index is -1.03. The molecule has 0 saturated carbocycles. The van der Waals surface area contributed by atoms with Crippen molar-refractivity contribution in [3.63, 3.8) is 0 Å². The number of carbonyl (C=O) groups is 2. The van der Waals surface area contributed by atoms with Gasteiger partial charge in [-0.15, -0.1) is 11.3 Å². The van der Waals surface area contributed by atoms with Crippen molar-refractivity contribution >= 4 is 23.2 Å². The molecule has 1 aromatic rings. The van der Waals surface area contributed by atoms with Crippen molar-refractivity contribution < 1.29 is 14.7 Å². The molecule has 1 aromatic heterocycles. The summed E-state index contributed by atoms with van der Waals surface area (Å²) in [5.74, 6) is -1.11. The molecule has 18 heavy (non-hydrogen) atoms. The maximum absolute atomic E-state index is 12.4. The molecule has 1 aliphatic rings. The smallest absolute Gasteiger partial charge is 0.329 e. The van der Waals surface area contributed by atoms with Crippen LogP contribution in [0.3, 0.4) is 0 Å². The minimum absolute atomic E-state index is 0.206. The van der Waals surface area contributed by atoms with E-state index in [4.69, 9.17) is 0 Å². The normalized spacial score (nSPS) is 23.3. The standard InChI is InChI=1S/C12H16N2O3S/c1-3-12(11(16)17)5-4-6-14(12)10(15)9-7-13-8(2)18-9/h7H,3-6H2,1-2H3,(H,16,17). The summed E-state index contributed by atoms with van der Waals surface area (Å²) in [5, 5.41) is 10.2. The highest BCUT2D eigenvalue weighted by Crippen LogP contribution is 2.34. The molecule has 1 atom stereocenters. The van der Waals surface area contributed by atoms with Gasteiger partial charge in [0.05, 0.1) is 11.2 Å². The molecule has 1 aliphatic heterocycles. The van der Waals surface area contributed by atoms with Gasteiger partial charge in [-0.3, -0.25) is 4.79 Å². The Hall–Kier alpha value is -1.43. The van der Waals surface area contributed by atoms with E-state index in [9.17, 15) is 14.7 Å². The van der Waals surface area contributed by atoms with Crippen LogP contribution in [0.1, 0.15) is 40.9 Å². The number of aromatic nitrogens is 1. The maximum Gasteiger partial charge on any atom is 0.329 e. The zero-order valence-corrected chi connectivity index (χ0v) is 11.3. The molecule has 0 radical (unpaired) electrons. The Labute approximate surface area is 109 Å². The van der Waals surface area contributed by atoms with Crippen LogP contribution >= 0.6 is 11.3 Å². The van der Waals surface area contributed by atoms with E-state index in [0.717, 1.165) is 11.4 Å². The van der Waals surface area contributed by atoms with Gasteiger partial charge in [-0.25, -0.2) is 9.78 Å². The molecule has 1 amide bonds. The fraction of sp³-hybridized carbons (Fsp3) is 0.583. The van der Waals surface area contributed by atoms with E-state index in [1.807, 2.05) is 13.8 Å². The van der Waals surface area contributed by atoms with E-state index in [2.05, 4.69) is 4.98 Å². The first-order chi connectivity index (χ1) is 8.51. The van der Waals surface area contributed by atoms with Crippen LogP contribution in [0.15, 0.2) is 6.20 Å². The van der Waals surface area contributed by atoms with Gasteiger partial charge in [0.15, 0.2) is 0 Å². The fourth-order valence-corrected chi connectivity index (χ4v) is 3.24. The SMILES string of the molecule is CCC1(C(=O)O)CCCN1C(=O)c1cnc(C)s1. The summed E-state index contributed by atoms with van der Waals surface area (Å²) in [4.78, 5) is 29.9. The van der Waals surface area contributed by atoms with Gasteiger partial charge >= 0.3 is 5.97 Å². The maximum atomic E-state index is 12.4. The Morgan fingerprint density at radius 3 is 2.83 bits per heavy atom. The van der Waals surface area contributed by atoms with E-state index in [1.165, 1.54) is 22.4 Å². The van der Waals surface area contributed by atoms with Crippen molar-refractivity contribution in [3.05, 3.63) is 16.1 Å². The van der Waals surface area contributed by atoms with Gasteiger partial charge in [0, 0.05) is 6.54 Å². The van der Waals surface area contributed by atoms with Crippen LogP contribution in [-0.2, 0) is 4.79 Å². The number of aliphatic carboxylic acids is 1. The average molecular weight is 268 g/mol. The highest BCUT2D eigenvalue weighted by Gasteiger charge is 2.48. The predicted octanol–water partition coefficient (Wildman–Crippen LogP) is 1.92. The second-order valence-electron chi connectivity index (χ2n) is 4.49. The first-order valence-electron chi connectivity index (χ1n) is 5.99. The molecule has 0 spiro atoms. The second kappa shape index (κ2) is 4.68. The first-order valence-corrected chi connectivity index (χ1v) is 6.80. The Bertz CT molecular complexity index is 485. The molecule has 1 fully saturated rings. The Balaban J connectivity index is 2.32. The third kappa shape index (κ3) is 1.90. The number of carboxylic acids is 1. The second-order valence-corrected chi connectivity index (χ2v) is 5.73. The number of likely N-dealkylation sites (tertiary alicyclic amines) is 1. The van der Waals surface area contributed by atoms with Crippen LogP contribution in [0.2, 0.25) is 0 Å². The number of amides is 1. The molecule has 0 aliphatic carbocycles. The molecular weight excluding hydrogens is 252 g/mol. The number of carboxylic acid groups (broad SMARTS) is 1. The number of hydrogen-bond acceptors (Lipinski definition) is 4. The summed E-state index contributed by atoms with van der Waals surface area (Å²) in [6, 6.07) is 0. The molecule has 2 heterocycles. The Morgan fingerprint density at radius 2 is 2.33 bits per heavy atom. The third-order valence-electron chi connectivity index (χ3n) is 3.55. The van der Waals surface area contributed by atoms with Crippen LogP contribution in [0.25, 0.3) is 0 Å². The highest BCUT2D eigenvalue weighted by atomic mass is 32.1. The minimum Gasteiger partial charge on any atom is -0.479 e. The lowest BCUT2D eigenvalue weighted by molar-refractivity contribution is -0.148. The summed E-state index contributed by atoms with van der Waals surface area (Å²) in [6.45, 7) is 4.16. The molecule has 0 bridgehead atoms. The summed E-state index contributed by atoms with van der Waals surface area (Å²) >= 11 is 1.31. The van der Waals surface area contributed by atoms with Crippen molar-refractivity contribution in [3.8, 4) is 0 Å². The van der Waals surface area contributed by atoms with Gasteiger partial charge in [-0.1, -0.05) is 6.92 Å². The van der Waals surface area contributed by atoms with Crippen LogP contribution in [0.4, 0.5) is 0 Å².